The van der Waals surface area contributed by atoms with E-state index in [4.69, 9.17) is 4.74 Å². The summed E-state index contributed by atoms with van der Waals surface area (Å²) in [4.78, 5) is 18.6. The molecule has 2 atom stereocenters. The van der Waals surface area contributed by atoms with Crippen molar-refractivity contribution < 1.29 is 14.6 Å². The van der Waals surface area contributed by atoms with E-state index in [0.29, 0.717) is 24.5 Å². The number of nitrogens with zero attached hydrogens (tertiary/aromatic N) is 2. The maximum absolute atomic E-state index is 12.6. The standard InChI is InChI=1S/C14H21N3O3/c1-9-4-11(5-13(15-3)16-9)14(19)17-6-10(2)20-12(7-17)8-18/h4-5,10,12,18H,6-8H2,1-3H3,(H,15,16). The van der Waals surface area contributed by atoms with Crippen LogP contribution in [0.4, 0.5) is 5.82 Å². The van der Waals surface area contributed by atoms with Crippen LogP contribution in [0.1, 0.15) is 23.0 Å². The summed E-state index contributed by atoms with van der Waals surface area (Å²) < 4.78 is 5.55. The lowest BCUT2D eigenvalue weighted by molar-refractivity contribution is -0.0858. The van der Waals surface area contributed by atoms with Gasteiger partial charge in [0, 0.05) is 31.4 Å². The molecule has 6 nitrogen and oxygen atoms in total. The molecule has 1 aliphatic heterocycles. The Morgan fingerprint density at radius 2 is 2.30 bits per heavy atom. The molecule has 0 saturated carbocycles. The Bertz CT molecular complexity index is 493. The number of anilines is 1. The third-order valence-corrected chi connectivity index (χ3v) is 3.27. The van der Waals surface area contributed by atoms with Gasteiger partial charge in [0.25, 0.3) is 5.91 Å². The third-order valence-electron chi connectivity index (χ3n) is 3.27. The van der Waals surface area contributed by atoms with Crippen molar-refractivity contribution >= 4 is 11.7 Å². The van der Waals surface area contributed by atoms with Crippen molar-refractivity contribution in [2.24, 2.45) is 0 Å². The zero-order valence-corrected chi connectivity index (χ0v) is 12.1. The molecule has 0 radical (unpaired) electrons. The Kier molecular flexibility index (Phi) is 4.57. The second kappa shape index (κ2) is 6.19. The first-order chi connectivity index (χ1) is 9.53. The van der Waals surface area contributed by atoms with Gasteiger partial charge in [-0.15, -0.1) is 0 Å². The number of nitrogens with one attached hydrogen (secondary N) is 1. The minimum atomic E-state index is -0.311. The molecule has 1 fully saturated rings. The van der Waals surface area contributed by atoms with E-state index in [0.717, 1.165) is 5.69 Å². The average molecular weight is 279 g/mol. The summed E-state index contributed by atoms with van der Waals surface area (Å²) >= 11 is 0. The Balaban J connectivity index is 2.20. The van der Waals surface area contributed by atoms with Crippen molar-refractivity contribution in [1.82, 2.24) is 9.88 Å². The number of hydrogen-bond acceptors (Lipinski definition) is 5. The average Bonchev–Trinajstić information content (AvgIpc) is 2.44. The first-order valence-corrected chi connectivity index (χ1v) is 6.75. The molecule has 1 saturated heterocycles. The normalized spacial score (nSPS) is 22.7. The van der Waals surface area contributed by atoms with E-state index in [1.807, 2.05) is 13.8 Å². The van der Waals surface area contributed by atoms with Crippen LogP contribution in [0.2, 0.25) is 0 Å². The summed E-state index contributed by atoms with van der Waals surface area (Å²) in [7, 11) is 1.77. The molecule has 6 heteroatoms. The Hall–Kier alpha value is -1.66. The highest BCUT2D eigenvalue weighted by molar-refractivity contribution is 5.95. The number of aromatic nitrogens is 1. The molecule has 20 heavy (non-hydrogen) atoms. The minimum Gasteiger partial charge on any atom is -0.394 e. The molecule has 0 aliphatic carbocycles. The van der Waals surface area contributed by atoms with Crippen molar-refractivity contribution in [3.8, 4) is 0 Å². The van der Waals surface area contributed by atoms with Gasteiger partial charge >= 0.3 is 0 Å². The molecular weight excluding hydrogens is 258 g/mol. The van der Waals surface area contributed by atoms with E-state index < -0.39 is 0 Å². The fourth-order valence-electron chi connectivity index (χ4n) is 2.41. The number of ether oxygens (including phenoxy) is 1. The number of aliphatic hydroxyl groups is 1. The van der Waals surface area contributed by atoms with Crippen LogP contribution in [0.3, 0.4) is 0 Å². The molecule has 2 unspecified atom stereocenters. The van der Waals surface area contributed by atoms with Crippen LogP contribution in [-0.4, -0.2) is 59.8 Å². The highest BCUT2D eigenvalue weighted by Crippen LogP contribution is 2.17. The summed E-state index contributed by atoms with van der Waals surface area (Å²) in [5.74, 6) is 0.619. The van der Waals surface area contributed by atoms with E-state index in [1.165, 1.54) is 0 Å². The molecular formula is C14H21N3O3. The van der Waals surface area contributed by atoms with Crippen LogP contribution in [0.25, 0.3) is 0 Å². The first-order valence-electron chi connectivity index (χ1n) is 6.75. The smallest absolute Gasteiger partial charge is 0.254 e. The molecule has 0 aromatic carbocycles. The molecule has 0 bridgehead atoms. The lowest BCUT2D eigenvalue weighted by Gasteiger charge is -2.36. The predicted octanol–water partition coefficient (Wildman–Crippen LogP) is 0.654. The van der Waals surface area contributed by atoms with Gasteiger partial charge in [-0.25, -0.2) is 4.98 Å². The third kappa shape index (κ3) is 3.26. The van der Waals surface area contributed by atoms with Crippen molar-refractivity contribution in [2.75, 3.05) is 32.1 Å². The Morgan fingerprint density at radius 1 is 1.55 bits per heavy atom. The van der Waals surface area contributed by atoms with Crippen molar-refractivity contribution in [3.63, 3.8) is 0 Å². The number of morpholine rings is 1. The molecule has 1 aromatic heterocycles. The second-order valence-electron chi connectivity index (χ2n) is 5.09. The minimum absolute atomic E-state index is 0.0550. The quantitative estimate of drug-likeness (QED) is 0.850. The van der Waals surface area contributed by atoms with Crippen LogP contribution in [0.5, 0.6) is 0 Å². The number of amides is 1. The van der Waals surface area contributed by atoms with Crippen molar-refractivity contribution in [2.45, 2.75) is 26.1 Å². The molecule has 2 heterocycles. The van der Waals surface area contributed by atoms with Gasteiger partial charge in [-0.1, -0.05) is 0 Å². The molecule has 110 valence electrons. The van der Waals surface area contributed by atoms with Gasteiger partial charge in [-0.05, 0) is 26.0 Å². The van der Waals surface area contributed by atoms with Crippen LogP contribution in [0, 0.1) is 6.92 Å². The fraction of sp³-hybridized carbons (Fsp3) is 0.571. The number of pyridine rings is 1. The summed E-state index contributed by atoms with van der Waals surface area (Å²) in [5.41, 5.74) is 1.40. The summed E-state index contributed by atoms with van der Waals surface area (Å²) in [6.45, 7) is 4.63. The number of aryl methyl sites for hydroxylation is 1. The van der Waals surface area contributed by atoms with Gasteiger partial charge in [0.2, 0.25) is 0 Å². The highest BCUT2D eigenvalue weighted by Gasteiger charge is 2.28. The predicted molar refractivity (Wildman–Crippen MR) is 75.8 cm³/mol. The van der Waals surface area contributed by atoms with Gasteiger partial charge < -0.3 is 20.1 Å². The van der Waals surface area contributed by atoms with Gasteiger partial charge in [-0.3, -0.25) is 4.79 Å². The summed E-state index contributed by atoms with van der Waals surface area (Å²) in [5, 5.41) is 12.2. The van der Waals surface area contributed by atoms with E-state index in [9.17, 15) is 9.90 Å². The SMILES string of the molecule is CNc1cc(C(=O)N2CC(C)OC(CO)C2)cc(C)n1. The number of carbonyl (C=O) groups excluding carboxylic acids is 1. The molecule has 1 amide bonds. The Morgan fingerprint density at radius 3 is 2.95 bits per heavy atom. The van der Waals surface area contributed by atoms with Gasteiger partial charge in [0.15, 0.2) is 0 Å². The molecule has 0 spiro atoms. The summed E-state index contributed by atoms with van der Waals surface area (Å²) in [6, 6.07) is 3.51. The van der Waals surface area contributed by atoms with E-state index in [1.54, 1.807) is 24.1 Å². The topological polar surface area (TPSA) is 74.7 Å². The van der Waals surface area contributed by atoms with E-state index in [2.05, 4.69) is 10.3 Å². The maximum Gasteiger partial charge on any atom is 0.254 e. The summed E-state index contributed by atoms with van der Waals surface area (Å²) in [6.07, 6.45) is -0.383. The lowest BCUT2D eigenvalue weighted by Crippen LogP contribution is -2.50. The monoisotopic (exact) mass is 279 g/mol. The molecule has 2 rings (SSSR count). The van der Waals surface area contributed by atoms with Crippen LogP contribution < -0.4 is 5.32 Å². The molecule has 2 N–H and O–H groups in total. The molecule has 1 aromatic rings. The highest BCUT2D eigenvalue weighted by atomic mass is 16.5. The zero-order valence-electron chi connectivity index (χ0n) is 12.1. The largest absolute Gasteiger partial charge is 0.394 e. The maximum atomic E-state index is 12.6. The van der Waals surface area contributed by atoms with Crippen LogP contribution in [0.15, 0.2) is 12.1 Å². The Labute approximate surface area is 118 Å². The number of hydrogen-bond donors (Lipinski definition) is 2. The fourth-order valence-corrected chi connectivity index (χ4v) is 2.41. The van der Waals surface area contributed by atoms with E-state index >= 15 is 0 Å². The van der Waals surface area contributed by atoms with Crippen LogP contribution in [-0.2, 0) is 4.74 Å². The van der Waals surface area contributed by atoms with Gasteiger partial charge in [0.1, 0.15) is 5.82 Å². The van der Waals surface area contributed by atoms with E-state index in [-0.39, 0.29) is 24.7 Å². The van der Waals surface area contributed by atoms with Gasteiger partial charge in [0.05, 0.1) is 18.8 Å². The number of rotatable bonds is 3. The lowest BCUT2D eigenvalue weighted by atomic mass is 10.1. The number of carbonyl (C=O) groups is 1. The second-order valence-corrected chi connectivity index (χ2v) is 5.09. The van der Waals surface area contributed by atoms with Crippen LogP contribution >= 0.6 is 0 Å². The van der Waals surface area contributed by atoms with Gasteiger partial charge in [-0.2, -0.15) is 0 Å². The molecule has 1 aliphatic rings. The zero-order chi connectivity index (χ0) is 14.7. The first kappa shape index (κ1) is 14.7. The number of aliphatic hydroxyl groups excluding tert-OH is 1. The van der Waals surface area contributed by atoms with Crippen molar-refractivity contribution in [1.29, 1.82) is 0 Å². The van der Waals surface area contributed by atoms with Crippen molar-refractivity contribution in [3.05, 3.63) is 23.4 Å².